The van der Waals surface area contributed by atoms with Gasteiger partial charge in [0.2, 0.25) is 5.95 Å². The van der Waals surface area contributed by atoms with Crippen LogP contribution in [0.3, 0.4) is 0 Å². The van der Waals surface area contributed by atoms with E-state index in [0.717, 1.165) is 64.0 Å². The number of β-amino-alcohol motifs (C(OH)–C–C–N with tert-alkyl or cyclic N) is 1. The summed E-state index contributed by atoms with van der Waals surface area (Å²) in [6.45, 7) is 6.51. The van der Waals surface area contributed by atoms with Crippen LogP contribution in [0.2, 0.25) is 5.02 Å². The van der Waals surface area contributed by atoms with Crippen molar-refractivity contribution in [2.45, 2.75) is 56.7 Å². The second-order valence-electron chi connectivity index (χ2n) is 10.9. The molecule has 6 rings (SSSR count). The van der Waals surface area contributed by atoms with Gasteiger partial charge in [-0.25, -0.2) is 4.98 Å². The summed E-state index contributed by atoms with van der Waals surface area (Å²) in [7, 11) is 0. The number of nitrogens with one attached hydrogen (secondary N) is 2. The summed E-state index contributed by atoms with van der Waals surface area (Å²) in [5.41, 5.74) is 2.84. The van der Waals surface area contributed by atoms with Crippen LogP contribution < -0.4 is 10.6 Å². The third-order valence-corrected chi connectivity index (χ3v) is 8.24. The molecular formula is C27H31ClN10O. The lowest BCUT2D eigenvalue weighted by atomic mass is 9.87. The number of anilines is 3. The van der Waals surface area contributed by atoms with Crippen molar-refractivity contribution in [3.05, 3.63) is 40.2 Å². The predicted octanol–water partition coefficient (Wildman–Crippen LogP) is 3.08. The van der Waals surface area contributed by atoms with Gasteiger partial charge in [-0.1, -0.05) is 11.6 Å². The van der Waals surface area contributed by atoms with Crippen LogP contribution in [0.5, 0.6) is 0 Å². The molecule has 3 aromatic rings. The Hall–Kier alpha value is -3.48. The molecule has 3 N–H and O–H groups in total. The SMILES string of the molecule is C[C@H](O)CN1CC(N2CCC(c3cc(C#N)cc(Nc4nc(NC5CC5)c5ncc(C#N)n5n4)c3Cl)CC2)C1. The van der Waals surface area contributed by atoms with Crippen molar-refractivity contribution >= 4 is 34.7 Å². The zero-order valence-electron chi connectivity index (χ0n) is 21.8. The molecule has 202 valence electrons. The average Bonchev–Trinajstić information content (AvgIpc) is 3.63. The average molecular weight is 547 g/mol. The molecular weight excluding hydrogens is 516 g/mol. The van der Waals surface area contributed by atoms with Gasteiger partial charge in [0.25, 0.3) is 0 Å². The van der Waals surface area contributed by atoms with Crippen LogP contribution in [0.1, 0.15) is 55.3 Å². The van der Waals surface area contributed by atoms with Crippen LogP contribution in [-0.2, 0) is 0 Å². The molecule has 1 atom stereocenters. The molecule has 0 spiro atoms. The van der Waals surface area contributed by atoms with Gasteiger partial charge in [0, 0.05) is 31.7 Å². The van der Waals surface area contributed by atoms with Crippen LogP contribution in [0, 0.1) is 22.7 Å². The number of hydrogen-bond donors (Lipinski definition) is 3. The second-order valence-corrected chi connectivity index (χ2v) is 11.3. The molecule has 0 bridgehead atoms. The minimum atomic E-state index is -0.296. The normalized spacial score (nSPS) is 19.8. The minimum absolute atomic E-state index is 0.241. The molecule has 1 saturated carbocycles. The highest BCUT2D eigenvalue weighted by Crippen LogP contribution is 2.39. The van der Waals surface area contributed by atoms with Gasteiger partial charge in [-0.3, -0.25) is 9.80 Å². The Kier molecular flexibility index (Phi) is 7.00. The molecule has 12 heteroatoms. The van der Waals surface area contributed by atoms with Gasteiger partial charge in [0.15, 0.2) is 17.2 Å². The van der Waals surface area contributed by atoms with Crippen molar-refractivity contribution in [3.8, 4) is 12.1 Å². The Bertz CT molecular complexity index is 1460. The van der Waals surface area contributed by atoms with Gasteiger partial charge < -0.3 is 15.7 Å². The van der Waals surface area contributed by atoms with Crippen LogP contribution in [0.4, 0.5) is 17.5 Å². The Labute approximate surface area is 232 Å². The number of aromatic nitrogens is 4. The summed E-state index contributed by atoms with van der Waals surface area (Å²) in [4.78, 5) is 13.8. The third kappa shape index (κ3) is 5.36. The van der Waals surface area contributed by atoms with E-state index < -0.39 is 0 Å². The number of imidazole rings is 1. The Morgan fingerprint density at radius 2 is 1.92 bits per heavy atom. The van der Waals surface area contributed by atoms with Crippen molar-refractivity contribution in [2.24, 2.45) is 0 Å². The summed E-state index contributed by atoms with van der Waals surface area (Å²) >= 11 is 6.96. The maximum atomic E-state index is 9.77. The van der Waals surface area contributed by atoms with E-state index in [-0.39, 0.29) is 18.0 Å². The molecule has 0 amide bonds. The lowest BCUT2D eigenvalue weighted by Crippen LogP contribution is -2.61. The lowest BCUT2D eigenvalue weighted by Gasteiger charge is -2.48. The number of rotatable bonds is 8. The number of benzene rings is 1. The van der Waals surface area contributed by atoms with E-state index in [4.69, 9.17) is 11.6 Å². The molecule has 39 heavy (non-hydrogen) atoms. The van der Waals surface area contributed by atoms with Gasteiger partial charge in [-0.15, -0.1) is 5.10 Å². The minimum Gasteiger partial charge on any atom is -0.392 e. The number of hydrogen-bond acceptors (Lipinski definition) is 10. The predicted molar refractivity (Wildman–Crippen MR) is 147 cm³/mol. The number of aliphatic hydroxyl groups excluding tert-OH is 1. The largest absolute Gasteiger partial charge is 0.392 e. The Balaban J connectivity index is 1.21. The van der Waals surface area contributed by atoms with Crippen molar-refractivity contribution in [3.63, 3.8) is 0 Å². The summed E-state index contributed by atoms with van der Waals surface area (Å²) in [5, 5.41) is 40.6. The molecule has 1 aliphatic carbocycles. The van der Waals surface area contributed by atoms with Gasteiger partial charge in [0.05, 0.1) is 34.6 Å². The van der Waals surface area contributed by atoms with Crippen molar-refractivity contribution in [1.29, 1.82) is 10.5 Å². The third-order valence-electron chi connectivity index (χ3n) is 7.82. The molecule has 4 heterocycles. The standard InChI is InChI=1S/C27H31ClN10O/c1-16(39)13-36-14-21(15-36)37-6-4-18(5-7-37)22-8-17(10-29)9-23(24(22)28)33-27-34-25(32-19-2-3-19)26-31-12-20(11-30)38(26)35-27/h8-9,12,16,18-19,21,39H,2-7,13-15H2,1H3,(H2,32,33,34,35)/t16-/m0/s1. The van der Waals surface area contributed by atoms with Gasteiger partial charge >= 0.3 is 0 Å². The second kappa shape index (κ2) is 10.6. The number of halogens is 1. The zero-order valence-corrected chi connectivity index (χ0v) is 22.6. The van der Waals surface area contributed by atoms with E-state index in [2.05, 4.69) is 47.6 Å². The van der Waals surface area contributed by atoms with Crippen molar-refractivity contribution in [2.75, 3.05) is 43.4 Å². The number of fused-ring (bicyclic) bond motifs is 1. The molecule has 0 unspecified atom stereocenters. The van der Waals surface area contributed by atoms with Crippen molar-refractivity contribution < 1.29 is 5.11 Å². The smallest absolute Gasteiger partial charge is 0.247 e. The molecule has 3 fully saturated rings. The monoisotopic (exact) mass is 546 g/mol. The number of nitrogens with zero attached hydrogens (tertiary/aromatic N) is 8. The zero-order chi connectivity index (χ0) is 27.1. The molecule has 0 radical (unpaired) electrons. The number of piperidine rings is 1. The Morgan fingerprint density at radius 1 is 1.15 bits per heavy atom. The number of nitriles is 2. The molecule has 2 saturated heterocycles. The van der Waals surface area contributed by atoms with Gasteiger partial charge in [-0.2, -0.15) is 20.0 Å². The first-order chi connectivity index (χ1) is 18.9. The van der Waals surface area contributed by atoms with E-state index >= 15 is 0 Å². The summed E-state index contributed by atoms with van der Waals surface area (Å²) in [6.07, 6.45) is 5.22. The summed E-state index contributed by atoms with van der Waals surface area (Å²) in [5.74, 6) is 1.06. The lowest BCUT2D eigenvalue weighted by molar-refractivity contribution is -0.00174. The van der Waals surface area contributed by atoms with E-state index in [1.807, 2.05) is 13.0 Å². The molecule has 1 aromatic carbocycles. The van der Waals surface area contributed by atoms with E-state index in [1.165, 1.54) is 10.7 Å². The van der Waals surface area contributed by atoms with Gasteiger partial charge in [0.1, 0.15) is 6.07 Å². The topological polar surface area (TPSA) is 141 Å². The van der Waals surface area contributed by atoms with Crippen LogP contribution in [-0.4, -0.2) is 85.4 Å². The summed E-state index contributed by atoms with van der Waals surface area (Å²) in [6, 6.07) is 8.87. The first kappa shape index (κ1) is 25.8. The fourth-order valence-electron chi connectivity index (χ4n) is 5.62. The maximum Gasteiger partial charge on any atom is 0.247 e. The first-order valence-corrected chi connectivity index (χ1v) is 13.9. The van der Waals surface area contributed by atoms with E-state index in [0.29, 0.717) is 45.5 Å². The fraction of sp³-hybridized carbons (Fsp3) is 0.519. The van der Waals surface area contributed by atoms with Crippen LogP contribution in [0.25, 0.3) is 5.65 Å². The fourth-order valence-corrected chi connectivity index (χ4v) is 5.93. The number of likely N-dealkylation sites (tertiary alicyclic amines) is 2. The van der Waals surface area contributed by atoms with Crippen molar-refractivity contribution in [1.82, 2.24) is 29.4 Å². The van der Waals surface area contributed by atoms with Gasteiger partial charge in [-0.05, 0) is 69.3 Å². The van der Waals surface area contributed by atoms with E-state index in [9.17, 15) is 15.6 Å². The molecule has 2 aromatic heterocycles. The van der Waals surface area contributed by atoms with Crippen LogP contribution >= 0.6 is 11.6 Å². The maximum absolute atomic E-state index is 9.77. The summed E-state index contributed by atoms with van der Waals surface area (Å²) < 4.78 is 1.47. The molecule has 3 aliphatic rings. The first-order valence-electron chi connectivity index (χ1n) is 13.5. The quantitative estimate of drug-likeness (QED) is 0.386. The van der Waals surface area contributed by atoms with Crippen LogP contribution in [0.15, 0.2) is 18.3 Å². The highest BCUT2D eigenvalue weighted by Gasteiger charge is 2.35. The highest BCUT2D eigenvalue weighted by molar-refractivity contribution is 6.34. The number of aliphatic hydroxyl groups is 1. The van der Waals surface area contributed by atoms with E-state index in [1.54, 1.807) is 6.07 Å². The molecule has 2 aliphatic heterocycles. The Morgan fingerprint density at radius 3 is 2.59 bits per heavy atom. The molecule has 11 nitrogen and oxygen atoms in total. The highest BCUT2D eigenvalue weighted by atomic mass is 35.5.